The molecule has 0 spiro atoms. The van der Waals surface area contributed by atoms with Crippen LogP contribution < -0.4 is 5.32 Å². The molecule has 28 heavy (non-hydrogen) atoms. The molecule has 4 nitrogen and oxygen atoms in total. The van der Waals surface area contributed by atoms with Crippen molar-refractivity contribution in [3.8, 4) is 11.3 Å². The van der Waals surface area contributed by atoms with Crippen molar-refractivity contribution in [2.75, 3.05) is 0 Å². The highest BCUT2D eigenvalue weighted by Crippen LogP contribution is 2.27. The van der Waals surface area contributed by atoms with E-state index in [2.05, 4.69) is 15.3 Å². The van der Waals surface area contributed by atoms with E-state index in [9.17, 15) is 18.0 Å². The summed E-state index contributed by atoms with van der Waals surface area (Å²) >= 11 is 0. The summed E-state index contributed by atoms with van der Waals surface area (Å²) in [5.41, 5.74) is 2.19. The fourth-order valence-electron chi connectivity index (χ4n) is 2.42. The number of hydrogen-bond donors (Lipinski definition) is 1. The van der Waals surface area contributed by atoms with Crippen LogP contribution in [-0.2, 0) is 17.5 Å². The van der Waals surface area contributed by atoms with Crippen LogP contribution in [0.15, 0.2) is 73.1 Å². The second kappa shape index (κ2) is 8.47. The predicted octanol–water partition coefficient (Wildman–Crippen LogP) is 4.49. The molecule has 0 aliphatic carbocycles. The molecule has 0 atom stereocenters. The van der Waals surface area contributed by atoms with Crippen molar-refractivity contribution in [3.05, 3.63) is 89.9 Å². The van der Waals surface area contributed by atoms with Crippen LogP contribution in [0.4, 0.5) is 13.2 Å². The lowest BCUT2D eigenvalue weighted by Gasteiger charge is -2.05. The van der Waals surface area contributed by atoms with Gasteiger partial charge in [-0.25, -0.2) is 0 Å². The Hall–Kier alpha value is -3.48. The molecule has 0 fully saturated rings. The van der Waals surface area contributed by atoms with Gasteiger partial charge in [0.2, 0.25) is 5.91 Å². The Morgan fingerprint density at radius 2 is 1.79 bits per heavy atom. The van der Waals surface area contributed by atoms with E-state index in [4.69, 9.17) is 0 Å². The number of alkyl halides is 3. The van der Waals surface area contributed by atoms with E-state index in [1.54, 1.807) is 6.20 Å². The van der Waals surface area contributed by atoms with Crippen molar-refractivity contribution in [3.63, 3.8) is 0 Å². The maximum Gasteiger partial charge on any atom is 0.433 e. The van der Waals surface area contributed by atoms with Crippen LogP contribution in [0.5, 0.6) is 0 Å². The summed E-state index contributed by atoms with van der Waals surface area (Å²) in [5, 5.41) is 2.72. The Morgan fingerprint density at radius 3 is 2.39 bits per heavy atom. The lowest BCUT2D eigenvalue weighted by atomic mass is 10.1. The smallest absolute Gasteiger partial charge is 0.348 e. The molecule has 142 valence electrons. The molecule has 2 aromatic heterocycles. The summed E-state index contributed by atoms with van der Waals surface area (Å²) in [7, 11) is 0. The fraction of sp³-hybridized carbons (Fsp3) is 0.0952. The van der Waals surface area contributed by atoms with Gasteiger partial charge in [0.05, 0.1) is 5.69 Å². The lowest BCUT2D eigenvalue weighted by molar-refractivity contribution is -0.141. The summed E-state index contributed by atoms with van der Waals surface area (Å²) in [6.07, 6.45) is 0.982. The average molecular weight is 383 g/mol. The highest BCUT2D eigenvalue weighted by atomic mass is 19.4. The number of pyridine rings is 2. The molecule has 2 heterocycles. The maximum absolute atomic E-state index is 12.5. The van der Waals surface area contributed by atoms with Crippen LogP contribution in [0.2, 0.25) is 0 Å². The summed E-state index contributed by atoms with van der Waals surface area (Å²) in [5.74, 6) is -0.353. The van der Waals surface area contributed by atoms with Gasteiger partial charge in [-0.1, -0.05) is 36.4 Å². The van der Waals surface area contributed by atoms with E-state index < -0.39 is 11.9 Å². The monoisotopic (exact) mass is 383 g/mol. The second-order valence-electron chi connectivity index (χ2n) is 5.94. The van der Waals surface area contributed by atoms with E-state index in [1.165, 1.54) is 18.2 Å². The standard InChI is InChI=1S/C21H16F3N3O/c22-21(23,24)19-10-6-16(13-26-19)7-11-20(28)27-14-15-4-8-17(9-5-15)18-3-1-2-12-25-18/h1-13H,14H2,(H,27,28)/b11-7-. The van der Waals surface area contributed by atoms with Gasteiger partial charge in [0.25, 0.3) is 0 Å². The Morgan fingerprint density at radius 1 is 1.00 bits per heavy atom. The van der Waals surface area contributed by atoms with Gasteiger partial charge in [-0.05, 0) is 35.4 Å². The fourth-order valence-corrected chi connectivity index (χ4v) is 2.42. The minimum absolute atomic E-state index is 0.330. The van der Waals surface area contributed by atoms with Crippen LogP contribution in [0, 0.1) is 0 Å². The Balaban J connectivity index is 1.53. The average Bonchev–Trinajstić information content (AvgIpc) is 2.71. The van der Waals surface area contributed by atoms with E-state index >= 15 is 0 Å². The first-order valence-corrected chi connectivity index (χ1v) is 8.41. The first-order valence-electron chi connectivity index (χ1n) is 8.41. The van der Waals surface area contributed by atoms with Gasteiger partial charge in [-0.2, -0.15) is 13.2 Å². The number of nitrogens with zero attached hydrogens (tertiary/aromatic N) is 2. The number of carbonyl (C=O) groups is 1. The summed E-state index contributed by atoms with van der Waals surface area (Å²) < 4.78 is 37.4. The zero-order valence-corrected chi connectivity index (χ0v) is 14.6. The Bertz CT molecular complexity index is 951. The third kappa shape index (κ3) is 5.26. The minimum Gasteiger partial charge on any atom is -0.348 e. The molecule has 0 bridgehead atoms. The van der Waals surface area contributed by atoms with Crippen LogP contribution in [0.3, 0.4) is 0 Å². The van der Waals surface area contributed by atoms with Gasteiger partial charge in [-0.15, -0.1) is 0 Å². The maximum atomic E-state index is 12.5. The molecule has 1 aromatic carbocycles. The van der Waals surface area contributed by atoms with Crippen LogP contribution in [0.1, 0.15) is 16.8 Å². The van der Waals surface area contributed by atoms with Gasteiger partial charge in [0.15, 0.2) is 0 Å². The molecule has 3 aromatic rings. The molecule has 1 amide bonds. The van der Waals surface area contributed by atoms with Gasteiger partial charge < -0.3 is 5.32 Å². The molecule has 1 N–H and O–H groups in total. The van der Waals surface area contributed by atoms with Crippen molar-refractivity contribution in [2.45, 2.75) is 12.7 Å². The van der Waals surface area contributed by atoms with E-state index in [0.717, 1.165) is 29.1 Å². The Labute approximate surface area is 159 Å². The van der Waals surface area contributed by atoms with E-state index in [0.29, 0.717) is 12.1 Å². The van der Waals surface area contributed by atoms with Crippen LogP contribution >= 0.6 is 0 Å². The predicted molar refractivity (Wildman–Crippen MR) is 99.8 cm³/mol. The highest BCUT2D eigenvalue weighted by molar-refractivity contribution is 5.91. The van der Waals surface area contributed by atoms with Crippen LogP contribution in [0.25, 0.3) is 17.3 Å². The number of aromatic nitrogens is 2. The van der Waals surface area contributed by atoms with E-state index in [1.807, 2.05) is 42.5 Å². The number of benzene rings is 1. The third-order valence-electron chi connectivity index (χ3n) is 3.89. The Kier molecular flexibility index (Phi) is 5.84. The van der Waals surface area contributed by atoms with Crippen LogP contribution in [-0.4, -0.2) is 15.9 Å². The molecular weight excluding hydrogens is 367 g/mol. The number of rotatable bonds is 5. The first kappa shape index (κ1) is 19.3. The molecular formula is C21H16F3N3O. The van der Waals surface area contributed by atoms with Crippen molar-refractivity contribution in [1.29, 1.82) is 0 Å². The van der Waals surface area contributed by atoms with Gasteiger partial charge in [-0.3, -0.25) is 14.8 Å². The molecule has 0 saturated heterocycles. The van der Waals surface area contributed by atoms with Crippen molar-refractivity contribution in [1.82, 2.24) is 15.3 Å². The number of amides is 1. The summed E-state index contributed by atoms with van der Waals surface area (Å²) in [4.78, 5) is 19.5. The highest BCUT2D eigenvalue weighted by Gasteiger charge is 2.31. The summed E-state index contributed by atoms with van der Waals surface area (Å²) in [6, 6.07) is 15.5. The van der Waals surface area contributed by atoms with Gasteiger partial charge >= 0.3 is 6.18 Å². The third-order valence-corrected chi connectivity index (χ3v) is 3.89. The molecule has 0 aliphatic rings. The molecule has 3 rings (SSSR count). The SMILES string of the molecule is O=C(/C=C\c1ccc(C(F)(F)F)nc1)NCc1ccc(-c2ccccn2)cc1. The molecule has 0 aliphatic heterocycles. The van der Waals surface area contributed by atoms with Gasteiger partial charge in [0.1, 0.15) is 5.69 Å². The molecule has 0 unspecified atom stereocenters. The van der Waals surface area contributed by atoms with E-state index in [-0.39, 0.29) is 5.91 Å². The number of carbonyl (C=O) groups excluding carboxylic acids is 1. The van der Waals surface area contributed by atoms with Crippen molar-refractivity contribution >= 4 is 12.0 Å². The number of halogens is 3. The molecule has 0 radical (unpaired) electrons. The largest absolute Gasteiger partial charge is 0.433 e. The first-order chi connectivity index (χ1) is 13.4. The molecule has 0 saturated carbocycles. The van der Waals surface area contributed by atoms with Gasteiger partial charge in [0, 0.05) is 30.6 Å². The topological polar surface area (TPSA) is 54.9 Å². The minimum atomic E-state index is -4.48. The zero-order valence-electron chi connectivity index (χ0n) is 14.6. The second-order valence-corrected chi connectivity index (χ2v) is 5.94. The lowest BCUT2D eigenvalue weighted by Crippen LogP contribution is -2.20. The van der Waals surface area contributed by atoms with Crippen molar-refractivity contribution < 1.29 is 18.0 Å². The number of hydrogen-bond acceptors (Lipinski definition) is 3. The van der Waals surface area contributed by atoms with Crippen molar-refractivity contribution in [2.24, 2.45) is 0 Å². The molecule has 7 heteroatoms. The summed E-state index contributed by atoms with van der Waals surface area (Å²) in [6.45, 7) is 0.330. The normalized spacial score (nSPS) is 11.5. The quantitative estimate of drug-likeness (QED) is 0.661. The number of nitrogens with one attached hydrogen (secondary N) is 1. The zero-order chi connectivity index (χ0) is 20.0.